The van der Waals surface area contributed by atoms with Gasteiger partial charge in [-0.3, -0.25) is 0 Å². The maximum Gasteiger partial charge on any atom is 0.225 e. The number of nitrogens with zero attached hydrogens (tertiary/aromatic N) is 4. The number of anilines is 1. The van der Waals surface area contributed by atoms with Crippen molar-refractivity contribution < 1.29 is 9.63 Å². The van der Waals surface area contributed by atoms with E-state index in [9.17, 15) is 5.11 Å². The Kier molecular flexibility index (Phi) is 3.33. The Bertz CT molecular complexity index is 681. The highest BCUT2D eigenvalue weighted by molar-refractivity contribution is 5.62. The number of hydrogen-bond acceptors (Lipinski definition) is 6. The van der Waals surface area contributed by atoms with E-state index >= 15 is 0 Å². The molecule has 1 N–H and O–H groups in total. The summed E-state index contributed by atoms with van der Waals surface area (Å²) < 4.78 is 5.39. The number of aromatic nitrogens is 3. The molecule has 4 rings (SSSR count). The molecule has 1 saturated carbocycles. The minimum Gasteiger partial charge on any atom is -0.391 e. The van der Waals surface area contributed by atoms with Crippen LogP contribution in [0.25, 0.3) is 11.3 Å². The third-order valence-corrected chi connectivity index (χ3v) is 4.34. The molecule has 6 nitrogen and oxygen atoms in total. The highest BCUT2D eigenvalue weighted by Crippen LogP contribution is 2.43. The van der Waals surface area contributed by atoms with Crippen LogP contribution >= 0.6 is 0 Å². The predicted octanol–water partition coefficient (Wildman–Crippen LogP) is 2.28. The van der Waals surface area contributed by atoms with E-state index in [-0.39, 0.29) is 6.10 Å². The molecule has 0 radical (unpaired) electrons. The van der Waals surface area contributed by atoms with Gasteiger partial charge in [-0.1, -0.05) is 5.16 Å². The van der Waals surface area contributed by atoms with Gasteiger partial charge >= 0.3 is 0 Å². The first-order valence-corrected chi connectivity index (χ1v) is 7.94. The molecule has 0 aromatic carbocycles. The van der Waals surface area contributed by atoms with Crippen LogP contribution < -0.4 is 4.90 Å². The molecule has 3 heterocycles. The van der Waals surface area contributed by atoms with Gasteiger partial charge in [0.05, 0.1) is 23.1 Å². The SMILES string of the molecule is Cc1cc(-c2cnc(N3CCC[C@@H](O)C3)nc2C2CC2)on1. The quantitative estimate of drug-likeness (QED) is 0.937. The number of aliphatic hydroxyl groups excluding tert-OH is 1. The summed E-state index contributed by atoms with van der Waals surface area (Å²) in [7, 11) is 0. The van der Waals surface area contributed by atoms with Crippen LogP contribution in [0.2, 0.25) is 0 Å². The molecule has 0 spiro atoms. The van der Waals surface area contributed by atoms with Crippen molar-refractivity contribution in [3.05, 3.63) is 23.7 Å². The largest absolute Gasteiger partial charge is 0.391 e. The molecular formula is C16H20N4O2. The zero-order chi connectivity index (χ0) is 15.1. The van der Waals surface area contributed by atoms with Gasteiger partial charge in [0.2, 0.25) is 5.95 Å². The molecule has 2 fully saturated rings. The number of aliphatic hydroxyl groups is 1. The van der Waals surface area contributed by atoms with E-state index in [0.29, 0.717) is 12.5 Å². The number of piperidine rings is 1. The Morgan fingerprint density at radius 2 is 2.18 bits per heavy atom. The van der Waals surface area contributed by atoms with Crippen molar-refractivity contribution in [3.63, 3.8) is 0 Å². The fourth-order valence-corrected chi connectivity index (χ4v) is 3.02. The van der Waals surface area contributed by atoms with Gasteiger partial charge in [0.1, 0.15) is 0 Å². The van der Waals surface area contributed by atoms with E-state index in [0.717, 1.165) is 48.0 Å². The topological polar surface area (TPSA) is 75.3 Å². The summed E-state index contributed by atoms with van der Waals surface area (Å²) >= 11 is 0. The lowest BCUT2D eigenvalue weighted by atomic mass is 10.1. The predicted molar refractivity (Wildman–Crippen MR) is 81.7 cm³/mol. The van der Waals surface area contributed by atoms with Gasteiger partial charge < -0.3 is 14.5 Å². The van der Waals surface area contributed by atoms with Crippen LogP contribution in [0, 0.1) is 6.92 Å². The summed E-state index contributed by atoms with van der Waals surface area (Å²) in [5, 5.41) is 13.8. The first-order valence-electron chi connectivity index (χ1n) is 7.94. The van der Waals surface area contributed by atoms with Gasteiger partial charge in [-0.2, -0.15) is 0 Å². The van der Waals surface area contributed by atoms with Crippen LogP contribution in [0.5, 0.6) is 0 Å². The van der Waals surface area contributed by atoms with Crippen LogP contribution in [-0.2, 0) is 0 Å². The lowest BCUT2D eigenvalue weighted by Crippen LogP contribution is -2.39. The second-order valence-electron chi connectivity index (χ2n) is 6.32. The zero-order valence-corrected chi connectivity index (χ0v) is 12.7. The zero-order valence-electron chi connectivity index (χ0n) is 12.7. The Morgan fingerprint density at radius 1 is 1.32 bits per heavy atom. The molecule has 1 saturated heterocycles. The average molecular weight is 300 g/mol. The lowest BCUT2D eigenvalue weighted by molar-refractivity contribution is 0.153. The molecule has 22 heavy (non-hydrogen) atoms. The molecule has 0 amide bonds. The second-order valence-corrected chi connectivity index (χ2v) is 6.32. The van der Waals surface area contributed by atoms with Crippen molar-refractivity contribution in [2.75, 3.05) is 18.0 Å². The summed E-state index contributed by atoms with van der Waals surface area (Å²) in [4.78, 5) is 11.4. The van der Waals surface area contributed by atoms with E-state index in [1.807, 2.05) is 19.2 Å². The smallest absolute Gasteiger partial charge is 0.225 e. The normalized spacial score (nSPS) is 22.1. The first kappa shape index (κ1) is 13.7. The molecule has 2 aromatic heterocycles. The van der Waals surface area contributed by atoms with E-state index < -0.39 is 0 Å². The molecule has 2 aliphatic rings. The van der Waals surface area contributed by atoms with Gasteiger partial charge in [-0.25, -0.2) is 9.97 Å². The van der Waals surface area contributed by atoms with Gasteiger partial charge in [0.15, 0.2) is 5.76 Å². The lowest BCUT2D eigenvalue weighted by Gasteiger charge is -2.30. The Morgan fingerprint density at radius 3 is 2.86 bits per heavy atom. The summed E-state index contributed by atoms with van der Waals surface area (Å²) in [6.07, 6.45) is 5.74. The van der Waals surface area contributed by atoms with Gasteiger partial charge in [-0.15, -0.1) is 0 Å². The third kappa shape index (κ3) is 2.59. The monoisotopic (exact) mass is 300 g/mol. The van der Waals surface area contributed by atoms with Crippen molar-refractivity contribution in [3.8, 4) is 11.3 Å². The van der Waals surface area contributed by atoms with Crippen molar-refractivity contribution in [2.45, 2.75) is 44.6 Å². The average Bonchev–Trinajstić information content (AvgIpc) is 3.28. The standard InChI is InChI=1S/C16H20N4O2/c1-10-7-14(22-19-10)13-8-17-16(18-15(13)11-4-5-11)20-6-2-3-12(21)9-20/h7-8,11-12,21H,2-6,9H2,1H3/t12-/m1/s1. The molecule has 0 bridgehead atoms. The summed E-state index contributed by atoms with van der Waals surface area (Å²) in [6, 6.07) is 1.93. The van der Waals surface area contributed by atoms with Crippen molar-refractivity contribution >= 4 is 5.95 Å². The molecule has 2 aromatic rings. The summed E-state index contributed by atoms with van der Waals surface area (Å²) in [5.41, 5.74) is 2.87. The number of rotatable bonds is 3. The molecule has 1 aliphatic heterocycles. The second kappa shape index (κ2) is 5.35. The molecule has 1 atom stereocenters. The fraction of sp³-hybridized carbons (Fsp3) is 0.562. The van der Waals surface area contributed by atoms with Gasteiger partial charge in [-0.05, 0) is 32.6 Å². The molecular weight excluding hydrogens is 280 g/mol. The number of hydrogen-bond donors (Lipinski definition) is 1. The van der Waals surface area contributed by atoms with E-state index in [1.165, 1.54) is 12.8 Å². The van der Waals surface area contributed by atoms with E-state index in [4.69, 9.17) is 9.51 Å². The number of aryl methyl sites for hydroxylation is 1. The van der Waals surface area contributed by atoms with E-state index in [1.54, 1.807) is 0 Å². The van der Waals surface area contributed by atoms with Crippen LogP contribution in [-0.4, -0.2) is 39.4 Å². The van der Waals surface area contributed by atoms with Crippen LogP contribution in [0.4, 0.5) is 5.95 Å². The fourth-order valence-electron chi connectivity index (χ4n) is 3.02. The maximum absolute atomic E-state index is 9.85. The van der Waals surface area contributed by atoms with Gasteiger partial charge in [0, 0.05) is 31.3 Å². The van der Waals surface area contributed by atoms with E-state index in [2.05, 4.69) is 15.0 Å². The van der Waals surface area contributed by atoms with Gasteiger partial charge in [0.25, 0.3) is 0 Å². The summed E-state index contributed by atoms with van der Waals surface area (Å²) in [6.45, 7) is 3.43. The molecule has 116 valence electrons. The summed E-state index contributed by atoms with van der Waals surface area (Å²) in [5.74, 6) is 1.96. The Labute approximate surface area is 129 Å². The Balaban J connectivity index is 1.69. The van der Waals surface area contributed by atoms with Crippen molar-refractivity contribution in [2.24, 2.45) is 0 Å². The maximum atomic E-state index is 9.85. The Hall–Kier alpha value is -1.95. The van der Waals surface area contributed by atoms with Crippen LogP contribution in [0.1, 0.15) is 43.0 Å². The van der Waals surface area contributed by atoms with Crippen LogP contribution in [0.15, 0.2) is 16.8 Å². The molecule has 6 heteroatoms. The van der Waals surface area contributed by atoms with Crippen molar-refractivity contribution in [1.82, 2.24) is 15.1 Å². The first-order chi connectivity index (χ1) is 10.7. The minimum absolute atomic E-state index is 0.279. The minimum atomic E-state index is -0.279. The van der Waals surface area contributed by atoms with Crippen molar-refractivity contribution in [1.29, 1.82) is 0 Å². The molecule has 0 unspecified atom stereocenters. The third-order valence-electron chi connectivity index (χ3n) is 4.34. The van der Waals surface area contributed by atoms with Crippen LogP contribution in [0.3, 0.4) is 0 Å². The molecule has 1 aliphatic carbocycles. The highest BCUT2D eigenvalue weighted by atomic mass is 16.5. The highest BCUT2D eigenvalue weighted by Gasteiger charge is 2.31. The number of β-amino-alcohol motifs (C(OH)–C–C–N with tert-alkyl or cyclic N) is 1.